The van der Waals surface area contributed by atoms with Gasteiger partial charge in [-0.2, -0.15) is 0 Å². The topological polar surface area (TPSA) is 53.4 Å². The van der Waals surface area contributed by atoms with Crippen molar-refractivity contribution in [1.82, 2.24) is 4.98 Å². The van der Waals surface area contributed by atoms with Crippen molar-refractivity contribution < 1.29 is 9.90 Å². The second-order valence-corrected chi connectivity index (χ2v) is 4.37. The number of carboxylic acids is 1. The van der Waals surface area contributed by atoms with Gasteiger partial charge < -0.3 is 10.0 Å². The molecule has 0 aliphatic carbocycles. The van der Waals surface area contributed by atoms with Crippen LogP contribution < -0.4 is 4.90 Å². The maximum atomic E-state index is 10.7. The first-order valence-electron chi connectivity index (χ1n) is 5.66. The van der Waals surface area contributed by atoms with Crippen LogP contribution in [0, 0.1) is 0 Å². The molecular weight excluding hydrogens is 240 g/mol. The molecule has 1 heterocycles. The van der Waals surface area contributed by atoms with Crippen LogP contribution in [-0.4, -0.2) is 29.7 Å². The summed E-state index contributed by atoms with van der Waals surface area (Å²) in [6.45, 7) is 3.01. The molecule has 0 aliphatic heterocycles. The summed E-state index contributed by atoms with van der Waals surface area (Å²) in [7, 11) is 1.91. The smallest absolute Gasteiger partial charge is 0.337 e. The summed E-state index contributed by atoms with van der Waals surface area (Å²) in [5, 5.41) is 9.18. The number of pyridine rings is 1. The van der Waals surface area contributed by atoms with E-state index >= 15 is 0 Å². The average molecular weight is 257 g/mol. The molecule has 1 aromatic heterocycles. The number of unbranched alkanes of at least 4 members (excludes halogenated alkanes) is 2. The van der Waals surface area contributed by atoms with Crippen molar-refractivity contribution >= 4 is 23.4 Å². The van der Waals surface area contributed by atoms with Gasteiger partial charge in [0.05, 0.1) is 10.6 Å². The predicted octanol–water partition coefficient (Wildman–Crippen LogP) is 3.06. The van der Waals surface area contributed by atoms with E-state index in [2.05, 4.69) is 11.9 Å². The van der Waals surface area contributed by atoms with E-state index in [0.717, 1.165) is 25.8 Å². The summed E-state index contributed by atoms with van der Waals surface area (Å²) in [5.41, 5.74) is 0.112. The van der Waals surface area contributed by atoms with Crippen LogP contribution in [0.5, 0.6) is 0 Å². The molecule has 1 N–H and O–H groups in total. The van der Waals surface area contributed by atoms with Crippen LogP contribution in [0.2, 0.25) is 5.02 Å². The van der Waals surface area contributed by atoms with Crippen LogP contribution in [0.15, 0.2) is 12.3 Å². The zero-order valence-electron chi connectivity index (χ0n) is 10.1. The Morgan fingerprint density at radius 2 is 2.24 bits per heavy atom. The minimum Gasteiger partial charge on any atom is -0.478 e. The number of anilines is 1. The summed E-state index contributed by atoms with van der Waals surface area (Å²) >= 11 is 6.01. The third-order valence-electron chi connectivity index (χ3n) is 2.53. The fourth-order valence-corrected chi connectivity index (χ4v) is 1.84. The van der Waals surface area contributed by atoms with Crippen molar-refractivity contribution in [3.63, 3.8) is 0 Å². The van der Waals surface area contributed by atoms with Crippen LogP contribution >= 0.6 is 11.6 Å². The molecule has 0 radical (unpaired) electrons. The highest BCUT2D eigenvalue weighted by Gasteiger charge is 2.11. The van der Waals surface area contributed by atoms with Crippen molar-refractivity contribution in [1.29, 1.82) is 0 Å². The second kappa shape index (κ2) is 6.45. The number of aromatic nitrogens is 1. The molecule has 0 spiro atoms. The van der Waals surface area contributed by atoms with E-state index in [1.165, 1.54) is 12.3 Å². The highest BCUT2D eigenvalue weighted by molar-refractivity contribution is 6.33. The molecule has 0 atom stereocenters. The van der Waals surface area contributed by atoms with Gasteiger partial charge in [-0.15, -0.1) is 0 Å². The molecule has 5 heteroatoms. The van der Waals surface area contributed by atoms with Gasteiger partial charge >= 0.3 is 5.97 Å². The van der Waals surface area contributed by atoms with E-state index in [-0.39, 0.29) is 5.56 Å². The highest BCUT2D eigenvalue weighted by atomic mass is 35.5. The molecule has 17 heavy (non-hydrogen) atoms. The Balaban J connectivity index is 2.74. The number of carbonyl (C=O) groups is 1. The lowest BCUT2D eigenvalue weighted by Crippen LogP contribution is -2.20. The van der Waals surface area contributed by atoms with E-state index in [1.54, 1.807) is 0 Å². The number of nitrogens with zero attached hydrogens (tertiary/aromatic N) is 2. The zero-order valence-corrected chi connectivity index (χ0v) is 10.9. The Bertz CT molecular complexity index is 396. The Morgan fingerprint density at radius 3 is 2.76 bits per heavy atom. The molecule has 94 valence electrons. The molecule has 0 bridgehead atoms. The lowest BCUT2D eigenvalue weighted by atomic mass is 10.2. The van der Waals surface area contributed by atoms with Gasteiger partial charge in [0.1, 0.15) is 5.82 Å². The molecule has 0 aromatic carbocycles. The molecule has 0 unspecified atom stereocenters. The molecule has 0 amide bonds. The SMILES string of the molecule is CCCCCN(C)c1ncc(C(=O)O)cc1Cl. The van der Waals surface area contributed by atoms with Gasteiger partial charge in [0.15, 0.2) is 0 Å². The van der Waals surface area contributed by atoms with Crippen molar-refractivity contribution in [3.8, 4) is 0 Å². The molecule has 0 aliphatic rings. The summed E-state index contributed by atoms with van der Waals surface area (Å²) < 4.78 is 0. The Labute approximate surface area is 106 Å². The third kappa shape index (κ3) is 3.89. The molecule has 1 aromatic rings. The van der Waals surface area contributed by atoms with Gasteiger partial charge in [0, 0.05) is 19.8 Å². The average Bonchev–Trinajstić information content (AvgIpc) is 2.28. The van der Waals surface area contributed by atoms with Crippen LogP contribution in [0.1, 0.15) is 36.5 Å². The number of carboxylic acid groups (broad SMARTS) is 1. The Kier molecular flexibility index (Phi) is 5.22. The van der Waals surface area contributed by atoms with Gasteiger partial charge in [-0.05, 0) is 12.5 Å². The summed E-state index contributed by atoms with van der Waals surface area (Å²) in [4.78, 5) is 16.8. The summed E-state index contributed by atoms with van der Waals surface area (Å²) in [6.07, 6.45) is 4.73. The minimum atomic E-state index is -1.01. The Hall–Kier alpha value is -1.29. The van der Waals surface area contributed by atoms with Gasteiger partial charge in [-0.25, -0.2) is 9.78 Å². The van der Waals surface area contributed by atoms with Crippen LogP contribution in [0.3, 0.4) is 0 Å². The minimum absolute atomic E-state index is 0.112. The van der Waals surface area contributed by atoms with Crippen molar-refractivity contribution in [3.05, 3.63) is 22.8 Å². The fraction of sp³-hybridized carbons (Fsp3) is 0.500. The van der Waals surface area contributed by atoms with Crippen molar-refractivity contribution in [2.75, 3.05) is 18.5 Å². The molecule has 0 saturated carbocycles. The second-order valence-electron chi connectivity index (χ2n) is 3.96. The number of halogens is 1. The lowest BCUT2D eigenvalue weighted by molar-refractivity contribution is 0.0696. The molecule has 0 fully saturated rings. The number of hydrogen-bond acceptors (Lipinski definition) is 3. The van der Waals surface area contributed by atoms with Crippen molar-refractivity contribution in [2.24, 2.45) is 0 Å². The zero-order chi connectivity index (χ0) is 12.8. The van der Waals surface area contributed by atoms with Gasteiger partial charge in [0.2, 0.25) is 0 Å². The van der Waals surface area contributed by atoms with Crippen LogP contribution in [0.25, 0.3) is 0 Å². The molecule has 4 nitrogen and oxygen atoms in total. The third-order valence-corrected chi connectivity index (χ3v) is 2.81. The van der Waals surface area contributed by atoms with E-state index in [0.29, 0.717) is 10.8 Å². The first-order chi connectivity index (χ1) is 8.06. The summed E-state index contributed by atoms with van der Waals surface area (Å²) in [6, 6.07) is 1.43. The summed E-state index contributed by atoms with van der Waals surface area (Å²) in [5.74, 6) is -0.382. The van der Waals surface area contributed by atoms with Crippen LogP contribution in [-0.2, 0) is 0 Å². The number of aromatic carboxylic acids is 1. The van der Waals surface area contributed by atoms with E-state index < -0.39 is 5.97 Å². The van der Waals surface area contributed by atoms with E-state index in [1.807, 2.05) is 11.9 Å². The highest BCUT2D eigenvalue weighted by Crippen LogP contribution is 2.23. The first-order valence-corrected chi connectivity index (χ1v) is 6.04. The normalized spacial score (nSPS) is 10.3. The molecule has 1 rings (SSSR count). The fourth-order valence-electron chi connectivity index (χ4n) is 1.53. The van der Waals surface area contributed by atoms with Crippen LogP contribution in [0.4, 0.5) is 5.82 Å². The lowest BCUT2D eigenvalue weighted by Gasteiger charge is -2.19. The van der Waals surface area contributed by atoms with Gasteiger partial charge in [0.25, 0.3) is 0 Å². The predicted molar refractivity (Wildman–Crippen MR) is 69.0 cm³/mol. The monoisotopic (exact) mass is 256 g/mol. The van der Waals surface area contributed by atoms with Gasteiger partial charge in [-0.1, -0.05) is 31.4 Å². The maximum absolute atomic E-state index is 10.7. The van der Waals surface area contributed by atoms with Crippen molar-refractivity contribution in [2.45, 2.75) is 26.2 Å². The van der Waals surface area contributed by atoms with E-state index in [4.69, 9.17) is 16.7 Å². The molecule has 0 saturated heterocycles. The van der Waals surface area contributed by atoms with E-state index in [9.17, 15) is 4.79 Å². The number of hydrogen-bond donors (Lipinski definition) is 1. The maximum Gasteiger partial charge on any atom is 0.337 e. The Morgan fingerprint density at radius 1 is 1.53 bits per heavy atom. The first kappa shape index (κ1) is 13.8. The molecular formula is C12H17ClN2O2. The standard InChI is InChI=1S/C12H17ClN2O2/c1-3-4-5-6-15(2)11-10(13)7-9(8-14-11)12(16)17/h7-8H,3-6H2,1-2H3,(H,16,17). The number of rotatable bonds is 6. The quantitative estimate of drug-likeness (QED) is 0.795. The van der Waals surface area contributed by atoms with Gasteiger partial charge in [-0.3, -0.25) is 0 Å². The largest absolute Gasteiger partial charge is 0.478 e.